The van der Waals surface area contributed by atoms with Crippen LogP contribution in [0.1, 0.15) is 31.2 Å². The van der Waals surface area contributed by atoms with E-state index < -0.39 is 0 Å². The predicted molar refractivity (Wildman–Crippen MR) is 86.9 cm³/mol. The molecule has 2 bridgehead atoms. The Morgan fingerprint density at radius 1 is 1.40 bits per heavy atom. The van der Waals surface area contributed by atoms with E-state index in [0.717, 1.165) is 41.1 Å². The monoisotopic (exact) mass is 337 g/mol. The van der Waals surface area contributed by atoms with Crippen LogP contribution in [-0.4, -0.2) is 25.6 Å². The number of nitrogens with zero attached hydrogens (tertiary/aromatic N) is 2. The lowest BCUT2D eigenvalue weighted by atomic mass is 9.88. The molecular weight excluding hydrogens is 314 g/mol. The minimum absolute atomic E-state index is 0.864. The summed E-state index contributed by atoms with van der Waals surface area (Å²) in [4.78, 5) is 7.01. The summed E-state index contributed by atoms with van der Waals surface area (Å²) >= 11 is 3.52. The summed E-state index contributed by atoms with van der Waals surface area (Å²) in [7, 11) is 4.18. The lowest BCUT2D eigenvalue weighted by molar-refractivity contribution is 0.337. The van der Waals surface area contributed by atoms with Crippen LogP contribution in [0.3, 0.4) is 0 Å². The Morgan fingerprint density at radius 2 is 2.25 bits per heavy atom. The van der Waals surface area contributed by atoms with Gasteiger partial charge < -0.3 is 10.2 Å². The van der Waals surface area contributed by atoms with Crippen molar-refractivity contribution in [1.82, 2.24) is 10.3 Å². The maximum absolute atomic E-state index is 4.64. The van der Waals surface area contributed by atoms with Gasteiger partial charge in [0.25, 0.3) is 0 Å². The Morgan fingerprint density at radius 3 is 2.90 bits per heavy atom. The molecule has 110 valence electrons. The highest BCUT2D eigenvalue weighted by molar-refractivity contribution is 9.10. The lowest BCUT2D eigenvalue weighted by Crippen LogP contribution is -2.30. The molecule has 0 spiro atoms. The van der Waals surface area contributed by atoms with E-state index in [1.165, 1.54) is 31.2 Å². The highest BCUT2D eigenvalue weighted by atomic mass is 79.9. The van der Waals surface area contributed by atoms with Gasteiger partial charge in [0.05, 0.1) is 0 Å². The molecule has 1 N–H and O–H groups in total. The average molecular weight is 338 g/mol. The lowest BCUT2D eigenvalue weighted by Gasteiger charge is -2.29. The molecule has 1 heterocycles. The van der Waals surface area contributed by atoms with Crippen molar-refractivity contribution in [1.29, 1.82) is 0 Å². The Kier molecular flexibility index (Phi) is 4.32. The first-order valence-electron chi connectivity index (χ1n) is 7.67. The molecule has 3 nitrogen and oxygen atoms in total. The molecule has 2 aliphatic carbocycles. The summed E-state index contributed by atoms with van der Waals surface area (Å²) in [6, 6.07) is 2.18. The van der Waals surface area contributed by atoms with E-state index in [1.54, 1.807) is 0 Å². The van der Waals surface area contributed by atoms with Gasteiger partial charge >= 0.3 is 0 Å². The zero-order valence-electron chi connectivity index (χ0n) is 12.4. The molecule has 2 fully saturated rings. The van der Waals surface area contributed by atoms with Gasteiger partial charge in [-0.1, -0.05) is 6.42 Å². The van der Waals surface area contributed by atoms with Crippen molar-refractivity contribution in [2.75, 3.05) is 25.5 Å². The smallest absolute Gasteiger partial charge is 0.132 e. The van der Waals surface area contributed by atoms with Crippen LogP contribution in [0.5, 0.6) is 0 Å². The first kappa shape index (κ1) is 14.3. The van der Waals surface area contributed by atoms with Crippen molar-refractivity contribution in [2.24, 2.45) is 17.8 Å². The summed E-state index contributed by atoms with van der Waals surface area (Å²) in [5.74, 6) is 4.01. The third-order valence-corrected chi connectivity index (χ3v) is 5.46. The first-order valence-corrected chi connectivity index (χ1v) is 8.47. The third kappa shape index (κ3) is 2.86. The van der Waals surface area contributed by atoms with Gasteiger partial charge in [-0.25, -0.2) is 4.98 Å². The van der Waals surface area contributed by atoms with Crippen LogP contribution >= 0.6 is 15.9 Å². The van der Waals surface area contributed by atoms with Crippen molar-refractivity contribution >= 4 is 21.7 Å². The van der Waals surface area contributed by atoms with E-state index in [4.69, 9.17) is 0 Å². The topological polar surface area (TPSA) is 28.2 Å². The number of pyridine rings is 1. The van der Waals surface area contributed by atoms with Crippen molar-refractivity contribution in [3.05, 3.63) is 22.3 Å². The van der Waals surface area contributed by atoms with Crippen LogP contribution < -0.4 is 10.2 Å². The van der Waals surface area contributed by atoms with Crippen molar-refractivity contribution in [2.45, 2.75) is 32.2 Å². The fourth-order valence-corrected chi connectivity index (χ4v) is 4.56. The van der Waals surface area contributed by atoms with Crippen molar-refractivity contribution < 1.29 is 0 Å². The molecule has 4 heteroatoms. The molecule has 1 aromatic rings. The molecule has 3 atom stereocenters. The summed E-state index contributed by atoms with van der Waals surface area (Å²) < 4.78 is 1.06. The second-order valence-electron chi connectivity index (χ2n) is 6.48. The summed E-state index contributed by atoms with van der Waals surface area (Å²) in [5, 5.41) is 3.24. The minimum Gasteiger partial charge on any atom is -0.359 e. The number of halogens is 1. The number of aromatic nitrogens is 1. The predicted octanol–water partition coefficient (Wildman–Crippen LogP) is 3.44. The summed E-state index contributed by atoms with van der Waals surface area (Å²) in [6.07, 6.45) is 7.76. The van der Waals surface area contributed by atoms with Gasteiger partial charge in [0, 0.05) is 36.4 Å². The average Bonchev–Trinajstić information content (AvgIpc) is 3.01. The fourth-order valence-electron chi connectivity index (χ4n) is 4.18. The maximum atomic E-state index is 4.64. The van der Waals surface area contributed by atoms with Gasteiger partial charge in [-0.2, -0.15) is 0 Å². The van der Waals surface area contributed by atoms with Crippen LogP contribution in [0, 0.1) is 17.8 Å². The largest absolute Gasteiger partial charge is 0.359 e. The molecule has 3 rings (SSSR count). The van der Waals surface area contributed by atoms with Gasteiger partial charge in [0.1, 0.15) is 5.82 Å². The molecule has 0 aliphatic heterocycles. The molecule has 1 aromatic heterocycles. The number of hydrogen-bond donors (Lipinski definition) is 1. The van der Waals surface area contributed by atoms with E-state index in [9.17, 15) is 0 Å². The molecule has 2 aliphatic rings. The van der Waals surface area contributed by atoms with Crippen LogP contribution in [0.2, 0.25) is 0 Å². The number of hydrogen-bond acceptors (Lipinski definition) is 3. The summed E-state index contributed by atoms with van der Waals surface area (Å²) in [6.45, 7) is 2.02. The van der Waals surface area contributed by atoms with Gasteiger partial charge in [-0.15, -0.1) is 0 Å². The molecular formula is C16H24BrN3. The molecule has 2 saturated carbocycles. The Balaban J connectivity index is 1.71. The van der Waals surface area contributed by atoms with Crippen molar-refractivity contribution in [3.63, 3.8) is 0 Å². The quantitative estimate of drug-likeness (QED) is 0.891. The minimum atomic E-state index is 0.864. The number of nitrogens with one attached hydrogen (secondary N) is 1. The second kappa shape index (κ2) is 6.02. The Hall–Kier alpha value is -0.610. The third-order valence-electron chi connectivity index (χ3n) is 5.03. The maximum Gasteiger partial charge on any atom is 0.132 e. The molecule has 0 radical (unpaired) electrons. The van der Waals surface area contributed by atoms with E-state index in [-0.39, 0.29) is 0 Å². The number of anilines is 1. The van der Waals surface area contributed by atoms with Crippen LogP contribution in [0.4, 0.5) is 5.82 Å². The Labute approximate surface area is 130 Å². The fraction of sp³-hybridized carbons (Fsp3) is 0.688. The van der Waals surface area contributed by atoms with Crippen LogP contribution in [0.25, 0.3) is 0 Å². The van der Waals surface area contributed by atoms with Crippen molar-refractivity contribution in [3.8, 4) is 0 Å². The zero-order valence-corrected chi connectivity index (χ0v) is 14.0. The molecule has 0 saturated heterocycles. The van der Waals surface area contributed by atoms with E-state index >= 15 is 0 Å². The number of rotatable bonds is 5. The Bertz CT molecular complexity index is 477. The van der Waals surface area contributed by atoms with Gasteiger partial charge in [0.15, 0.2) is 0 Å². The highest BCUT2D eigenvalue weighted by Gasteiger charge is 2.39. The standard InChI is InChI=1S/C16H24BrN3/c1-18-8-13-7-15(17)9-19-16(13)20(2)10-14-6-11-3-4-12(14)5-11/h7,9,11-12,14,18H,3-6,8,10H2,1-2H3. The molecule has 20 heavy (non-hydrogen) atoms. The molecule has 3 unspecified atom stereocenters. The van der Waals surface area contributed by atoms with Gasteiger partial charge in [0.2, 0.25) is 0 Å². The van der Waals surface area contributed by atoms with Crippen LogP contribution in [0.15, 0.2) is 16.7 Å². The number of fused-ring (bicyclic) bond motifs is 2. The van der Waals surface area contributed by atoms with Crippen LogP contribution in [-0.2, 0) is 6.54 Å². The SMILES string of the molecule is CNCc1cc(Br)cnc1N(C)CC1CC2CCC1C2. The highest BCUT2D eigenvalue weighted by Crippen LogP contribution is 2.48. The first-order chi connectivity index (χ1) is 9.67. The summed E-state index contributed by atoms with van der Waals surface area (Å²) in [5.41, 5.74) is 1.27. The van der Waals surface area contributed by atoms with E-state index in [1.807, 2.05) is 13.2 Å². The molecule has 0 aromatic carbocycles. The van der Waals surface area contributed by atoms with E-state index in [2.05, 4.69) is 44.2 Å². The zero-order chi connectivity index (χ0) is 14.1. The normalized spacial score (nSPS) is 28.1. The van der Waals surface area contributed by atoms with E-state index in [0.29, 0.717) is 0 Å². The molecule has 0 amide bonds. The second-order valence-corrected chi connectivity index (χ2v) is 7.40. The van der Waals surface area contributed by atoms with Gasteiger partial charge in [-0.05, 0) is 66.1 Å². The van der Waals surface area contributed by atoms with Gasteiger partial charge in [-0.3, -0.25) is 0 Å².